The van der Waals surface area contributed by atoms with Gasteiger partial charge in [0.1, 0.15) is 11.6 Å². The fourth-order valence-electron chi connectivity index (χ4n) is 1.91. The maximum absolute atomic E-state index is 12.0. The first-order valence-corrected chi connectivity index (χ1v) is 6.77. The maximum Gasteiger partial charge on any atom is 0.410 e. The molecule has 1 amide bonds. The van der Waals surface area contributed by atoms with E-state index in [1.807, 2.05) is 0 Å². The lowest BCUT2D eigenvalue weighted by molar-refractivity contribution is -0.139. The highest BCUT2D eigenvalue weighted by Gasteiger charge is 2.28. The molecule has 116 valence electrons. The Bertz CT molecular complexity index is 353. The number of nitrogens with two attached hydrogens (primary N) is 1. The number of aliphatic carboxylic acids is 1. The molecule has 0 aliphatic carbocycles. The smallest absolute Gasteiger partial charge is 0.410 e. The van der Waals surface area contributed by atoms with Crippen molar-refractivity contribution in [2.45, 2.75) is 51.4 Å². The summed E-state index contributed by atoms with van der Waals surface area (Å²) in [7, 11) is 0. The first-order valence-electron chi connectivity index (χ1n) is 6.77. The summed E-state index contributed by atoms with van der Waals surface area (Å²) in [6, 6.07) is -0.987. The van der Waals surface area contributed by atoms with Crippen molar-refractivity contribution in [3.8, 4) is 0 Å². The van der Waals surface area contributed by atoms with E-state index in [1.54, 1.807) is 25.7 Å². The first-order chi connectivity index (χ1) is 9.19. The van der Waals surface area contributed by atoms with Crippen LogP contribution in [0.15, 0.2) is 0 Å². The van der Waals surface area contributed by atoms with Crippen LogP contribution in [0.2, 0.25) is 0 Å². The van der Waals surface area contributed by atoms with Crippen LogP contribution in [0.4, 0.5) is 4.79 Å². The number of nitrogens with zero attached hydrogens (tertiary/aromatic N) is 1. The summed E-state index contributed by atoms with van der Waals surface area (Å²) in [4.78, 5) is 24.4. The Morgan fingerprint density at radius 2 is 2.15 bits per heavy atom. The molecule has 7 nitrogen and oxygen atoms in total. The van der Waals surface area contributed by atoms with E-state index in [0.29, 0.717) is 26.1 Å². The second-order valence-corrected chi connectivity index (χ2v) is 5.95. The van der Waals surface area contributed by atoms with Crippen molar-refractivity contribution in [2.24, 2.45) is 5.73 Å². The molecule has 0 aromatic rings. The lowest BCUT2D eigenvalue weighted by Gasteiger charge is -2.28. The summed E-state index contributed by atoms with van der Waals surface area (Å²) in [5, 5.41) is 8.83. The fraction of sp³-hybridized carbons (Fsp3) is 0.846. The van der Waals surface area contributed by atoms with Crippen LogP contribution in [-0.4, -0.2) is 59.5 Å². The average molecular weight is 288 g/mol. The second-order valence-electron chi connectivity index (χ2n) is 5.95. The number of carbonyl (C=O) groups excluding carboxylic acids is 1. The second kappa shape index (κ2) is 6.90. The lowest BCUT2D eigenvalue weighted by Crippen LogP contribution is -2.43. The minimum absolute atomic E-state index is 0.175. The van der Waals surface area contributed by atoms with E-state index >= 15 is 0 Å². The Morgan fingerprint density at radius 1 is 1.50 bits per heavy atom. The highest BCUT2D eigenvalue weighted by molar-refractivity contribution is 5.73. The van der Waals surface area contributed by atoms with Gasteiger partial charge in [0.15, 0.2) is 0 Å². The summed E-state index contributed by atoms with van der Waals surface area (Å²) >= 11 is 0. The Morgan fingerprint density at radius 3 is 2.70 bits per heavy atom. The van der Waals surface area contributed by atoms with Gasteiger partial charge in [0.25, 0.3) is 0 Å². The largest absolute Gasteiger partial charge is 0.480 e. The molecule has 0 aromatic heterocycles. The van der Waals surface area contributed by atoms with Crippen molar-refractivity contribution >= 4 is 12.1 Å². The average Bonchev–Trinajstić information content (AvgIpc) is 2.52. The van der Waals surface area contributed by atoms with Crippen molar-refractivity contribution < 1.29 is 24.2 Å². The molecule has 1 aliphatic rings. The number of hydrogen-bond acceptors (Lipinski definition) is 5. The van der Waals surface area contributed by atoms with Crippen molar-refractivity contribution in [3.05, 3.63) is 0 Å². The first kappa shape index (κ1) is 16.7. The minimum atomic E-state index is -1.07. The molecule has 0 saturated carbocycles. The zero-order chi connectivity index (χ0) is 15.3. The molecule has 0 bridgehead atoms. The quantitative estimate of drug-likeness (QED) is 0.797. The van der Waals surface area contributed by atoms with Gasteiger partial charge in [0.05, 0.1) is 12.6 Å². The molecule has 1 saturated heterocycles. The fourth-order valence-corrected chi connectivity index (χ4v) is 1.91. The molecule has 20 heavy (non-hydrogen) atoms. The molecule has 3 N–H and O–H groups in total. The number of carboxylic acid groups (broad SMARTS) is 1. The van der Waals surface area contributed by atoms with Gasteiger partial charge in [0.2, 0.25) is 0 Å². The van der Waals surface area contributed by atoms with Gasteiger partial charge in [-0.15, -0.1) is 0 Å². The number of carbonyl (C=O) groups is 2. The van der Waals surface area contributed by atoms with Crippen molar-refractivity contribution in [1.82, 2.24) is 4.90 Å². The summed E-state index contributed by atoms with van der Waals surface area (Å²) < 4.78 is 10.9. The van der Waals surface area contributed by atoms with Crippen molar-refractivity contribution in [1.29, 1.82) is 0 Å². The van der Waals surface area contributed by atoms with Crippen LogP contribution in [0.25, 0.3) is 0 Å². The monoisotopic (exact) mass is 288 g/mol. The van der Waals surface area contributed by atoms with Gasteiger partial charge in [-0.25, -0.2) is 4.79 Å². The van der Waals surface area contributed by atoms with Crippen LogP contribution in [0.1, 0.15) is 33.6 Å². The molecule has 2 atom stereocenters. The van der Waals surface area contributed by atoms with Gasteiger partial charge in [-0.3, -0.25) is 4.79 Å². The molecule has 1 heterocycles. The zero-order valence-corrected chi connectivity index (χ0v) is 12.3. The van der Waals surface area contributed by atoms with Gasteiger partial charge in [0, 0.05) is 19.6 Å². The highest BCUT2D eigenvalue weighted by Crippen LogP contribution is 2.15. The number of carboxylic acids is 1. The van der Waals surface area contributed by atoms with E-state index in [4.69, 9.17) is 20.3 Å². The normalized spacial score (nSPS) is 22.0. The lowest BCUT2D eigenvalue weighted by atomic mass is 10.1. The molecule has 7 heteroatoms. The van der Waals surface area contributed by atoms with E-state index in [9.17, 15) is 9.59 Å². The minimum Gasteiger partial charge on any atom is -0.480 e. The van der Waals surface area contributed by atoms with Crippen LogP contribution in [0.5, 0.6) is 0 Å². The zero-order valence-electron chi connectivity index (χ0n) is 12.3. The number of rotatable bonds is 3. The Kier molecular flexibility index (Phi) is 5.76. The van der Waals surface area contributed by atoms with E-state index in [-0.39, 0.29) is 12.5 Å². The van der Waals surface area contributed by atoms with Gasteiger partial charge in [-0.1, -0.05) is 0 Å². The molecule has 1 fully saturated rings. The summed E-state index contributed by atoms with van der Waals surface area (Å²) in [6.07, 6.45) is 0.0835. The predicted molar refractivity (Wildman–Crippen MR) is 72.4 cm³/mol. The summed E-state index contributed by atoms with van der Waals surface area (Å²) in [5.41, 5.74) is 4.95. The molecule has 1 aliphatic heterocycles. The number of ether oxygens (including phenoxy) is 2. The topological polar surface area (TPSA) is 102 Å². The van der Waals surface area contributed by atoms with Crippen LogP contribution in [0.3, 0.4) is 0 Å². The Hall–Kier alpha value is -1.34. The molecule has 1 rings (SSSR count). The van der Waals surface area contributed by atoms with Crippen LogP contribution >= 0.6 is 0 Å². The van der Waals surface area contributed by atoms with Crippen molar-refractivity contribution in [3.63, 3.8) is 0 Å². The van der Waals surface area contributed by atoms with E-state index in [2.05, 4.69) is 0 Å². The van der Waals surface area contributed by atoms with Crippen LogP contribution in [0, 0.1) is 0 Å². The number of amides is 1. The van der Waals surface area contributed by atoms with E-state index < -0.39 is 23.7 Å². The van der Waals surface area contributed by atoms with Crippen LogP contribution < -0.4 is 5.73 Å². The van der Waals surface area contributed by atoms with E-state index in [1.165, 1.54) is 0 Å². The molecular formula is C13H24N2O5. The molecule has 0 spiro atoms. The molecule has 0 radical (unpaired) electrons. The van der Waals surface area contributed by atoms with Crippen LogP contribution in [-0.2, 0) is 14.3 Å². The Balaban J connectivity index is 2.60. The highest BCUT2D eigenvalue weighted by atomic mass is 16.6. The summed E-state index contributed by atoms with van der Waals surface area (Å²) in [5.74, 6) is -1.07. The predicted octanol–water partition coefficient (Wildman–Crippen LogP) is 0.814. The standard InChI is InChI=1S/C13H24N2O5/c1-13(2,3)20-12(18)15-5-4-6-19-9(8-15)7-10(14)11(16)17/h9-10H,4-8,14H2,1-3H3,(H,16,17). The Labute approximate surface area is 119 Å². The third-order valence-electron chi connectivity index (χ3n) is 2.84. The van der Waals surface area contributed by atoms with Crippen molar-refractivity contribution in [2.75, 3.05) is 19.7 Å². The molecule has 2 unspecified atom stereocenters. The van der Waals surface area contributed by atoms with Gasteiger partial charge in [-0.2, -0.15) is 0 Å². The van der Waals surface area contributed by atoms with Gasteiger partial charge >= 0.3 is 12.1 Å². The third-order valence-corrected chi connectivity index (χ3v) is 2.84. The van der Waals surface area contributed by atoms with Gasteiger partial charge < -0.3 is 25.2 Å². The molecule has 0 aromatic carbocycles. The van der Waals surface area contributed by atoms with E-state index in [0.717, 1.165) is 0 Å². The summed E-state index contributed by atoms with van der Waals surface area (Å²) in [6.45, 7) is 6.73. The number of hydrogen-bond donors (Lipinski definition) is 2. The maximum atomic E-state index is 12.0. The SMILES string of the molecule is CC(C)(C)OC(=O)N1CCCOC(CC(N)C(=O)O)C1. The molecular weight excluding hydrogens is 264 g/mol. The third kappa shape index (κ3) is 5.75. The van der Waals surface area contributed by atoms with Gasteiger partial charge in [-0.05, 0) is 27.2 Å².